The van der Waals surface area contributed by atoms with Crippen LogP contribution in [-0.4, -0.2) is 22.3 Å². The first-order chi connectivity index (χ1) is 11.6. The minimum Gasteiger partial charge on any atom is -0.346 e. The summed E-state index contributed by atoms with van der Waals surface area (Å²) in [6.07, 6.45) is 1.62. The van der Waals surface area contributed by atoms with E-state index in [1.54, 1.807) is 24.3 Å². The van der Waals surface area contributed by atoms with Crippen LogP contribution >= 0.6 is 23.2 Å². The van der Waals surface area contributed by atoms with Gasteiger partial charge in [0.05, 0.1) is 16.5 Å². The van der Waals surface area contributed by atoms with Crippen molar-refractivity contribution in [3.8, 4) is 0 Å². The number of hydrogen-bond acceptors (Lipinski definition) is 3. The number of anilines is 1. The Hall–Kier alpha value is -2.11. The summed E-state index contributed by atoms with van der Waals surface area (Å²) < 4.78 is 0. The highest BCUT2D eigenvalue weighted by atomic mass is 35.5. The molecular formula is C18H19Cl2N3O2. The van der Waals surface area contributed by atoms with Gasteiger partial charge in [0, 0.05) is 17.4 Å². The topological polar surface area (TPSA) is 71.1 Å². The van der Waals surface area contributed by atoms with Crippen LogP contribution in [0.25, 0.3) is 0 Å². The van der Waals surface area contributed by atoms with Gasteiger partial charge in [-0.15, -0.1) is 0 Å². The molecule has 0 bridgehead atoms. The number of amides is 2. The number of halogens is 2. The Morgan fingerprint density at radius 3 is 2.44 bits per heavy atom. The Balaban J connectivity index is 2.04. The zero-order valence-electron chi connectivity index (χ0n) is 14.2. The molecule has 1 heterocycles. The van der Waals surface area contributed by atoms with Crippen LogP contribution < -0.4 is 10.6 Å². The lowest BCUT2D eigenvalue weighted by Gasteiger charge is -2.20. The average Bonchev–Trinajstić information content (AvgIpc) is 2.49. The normalized spacial score (nSPS) is 11.1. The van der Waals surface area contributed by atoms with E-state index < -0.39 is 0 Å². The van der Waals surface area contributed by atoms with Gasteiger partial charge < -0.3 is 10.6 Å². The number of rotatable bonds is 4. The number of nitrogens with zero attached hydrogens (tertiary/aromatic N) is 1. The second kappa shape index (κ2) is 7.85. The fourth-order valence-electron chi connectivity index (χ4n) is 2.08. The molecule has 0 fully saturated rings. The van der Waals surface area contributed by atoms with Crippen LogP contribution in [0.15, 0.2) is 36.5 Å². The average molecular weight is 380 g/mol. The molecular weight excluding hydrogens is 361 g/mol. The van der Waals surface area contributed by atoms with Crippen molar-refractivity contribution in [2.75, 3.05) is 5.32 Å². The Kier molecular flexibility index (Phi) is 6.03. The number of nitrogens with one attached hydrogen (secondary N) is 2. The van der Waals surface area contributed by atoms with E-state index >= 15 is 0 Å². The molecule has 0 spiro atoms. The fraction of sp³-hybridized carbons (Fsp3) is 0.278. The molecule has 5 nitrogen and oxygen atoms in total. The smallest absolute Gasteiger partial charge is 0.270 e. The van der Waals surface area contributed by atoms with Gasteiger partial charge in [0.15, 0.2) is 0 Å². The van der Waals surface area contributed by atoms with E-state index in [-0.39, 0.29) is 29.5 Å². The summed E-state index contributed by atoms with van der Waals surface area (Å²) in [6, 6.07) is 8.20. The van der Waals surface area contributed by atoms with E-state index in [0.717, 1.165) is 5.56 Å². The second-order valence-corrected chi connectivity index (χ2v) is 7.42. The number of aromatic nitrogens is 1. The maximum atomic E-state index is 12.2. The van der Waals surface area contributed by atoms with Gasteiger partial charge >= 0.3 is 0 Å². The van der Waals surface area contributed by atoms with Gasteiger partial charge in [0.25, 0.3) is 5.91 Å². The van der Waals surface area contributed by atoms with E-state index in [1.165, 1.54) is 12.3 Å². The molecule has 25 heavy (non-hydrogen) atoms. The number of carbonyl (C=O) groups excluding carboxylic acids is 2. The number of pyridine rings is 1. The van der Waals surface area contributed by atoms with Crippen LogP contribution in [0.3, 0.4) is 0 Å². The molecule has 0 unspecified atom stereocenters. The maximum absolute atomic E-state index is 12.2. The van der Waals surface area contributed by atoms with Gasteiger partial charge in [-0.1, -0.05) is 29.3 Å². The lowest BCUT2D eigenvalue weighted by Crippen LogP contribution is -2.40. The van der Waals surface area contributed by atoms with Crippen LogP contribution in [0.5, 0.6) is 0 Å². The van der Waals surface area contributed by atoms with Crippen molar-refractivity contribution in [2.45, 2.75) is 32.7 Å². The molecule has 1 aromatic heterocycles. The molecule has 0 aliphatic rings. The quantitative estimate of drug-likeness (QED) is 0.839. The zero-order valence-corrected chi connectivity index (χ0v) is 15.7. The third-order valence-electron chi connectivity index (χ3n) is 3.11. The standard InChI is InChI=1S/C18H19Cl2N3O2/c1-18(2,3)23-17(25)15-10-12(6-7-21-15)22-16(24)9-11-4-5-13(19)14(20)8-11/h4-8,10H,9H2,1-3H3,(H,23,25)(H,21,22,24). The predicted octanol–water partition coefficient (Wildman–Crippen LogP) is 4.10. The molecule has 2 N–H and O–H groups in total. The molecule has 0 atom stereocenters. The molecule has 0 aliphatic carbocycles. The molecule has 2 rings (SSSR count). The molecule has 0 aliphatic heterocycles. The van der Waals surface area contributed by atoms with Crippen molar-refractivity contribution in [3.63, 3.8) is 0 Å². The van der Waals surface area contributed by atoms with Crippen molar-refractivity contribution in [1.29, 1.82) is 0 Å². The summed E-state index contributed by atoms with van der Waals surface area (Å²) >= 11 is 11.8. The summed E-state index contributed by atoms with van der Waals surface area (Å²) in [5.41, 5.74) is 1.11. The van der Waals surface area contributed by atoms with Crippen molar-refractivity contribution in [1.82, 2.24) is 10.3 Å². The van der Waals surface area contributed by atoms with Crippen LogP contribution in [0.2, 0.25) is 10.0 Å². The van der Waals surface area contributed by atoms with E-state index in [2.05, 4.69) is 15.6 Å². The van der Waals surface area contributed by atoms with Crippen molar-refractivity contribution < 1.29 is 9.59 Å². The lowest BCUT2D eigenvalue weighted by molar-refractivity contribution is -0.115. The zero-order chi connectivity index (χ0) is 18.6. The molecule has 2 aromatic rings. The monoisotopic (exact) mass is 379 g/mol. The van der Waals surface area contributed by atoms with Crippen LogP contribution in [0.1, 0.15) is 36.8 Å². The highest BCUT2D eigenvalue weighted by Crippen LogP contribution is 2.23. The summed E-state index contributed by atoms with van der Waals surface area (Å²) in [5, 5.41) is 6.41. The van der Waals surface area contributed by atoms with E-state index in [9.17, 15) is 9.59 Å². The molecule has 2 amide bonds. The molecule has 0 saturated heterocycles. The minimum absolute atomic E-state index is 0.142. The van der Waals surface area contributed by atoms with Gasteiger partial charge in [-0.3, -0.25) is 14.6 Å². The Labute approximate surface area is 156 Å². The molecule has 1 aromatic carbocycles. The molecule has 0 saturated carbocycles. The first-order valence-electron chi connectivity index (χ1n) is 7.66. The van der Waals surface area contributed by atoms with Gasteiger partial charge in [-0.2, -0.15) is 0 Å². The number of hydrogen-bond donors (Lipinski definition) is 2. The van der Waals surface area contributed by atoms with Crippen molar-refractivity contribution in [2.24, 2.45) is 0 Å². The summed E-state index contributed by atoms with van der Waals surface area (Å²) in [6.45, 7) is 5.65. The minimum atomic E-state index is -0.369. The molecule has 0 radical (unpaired) electrons. The first-order valence-corrected chi connectivity index (χ1v) is 8.42. The first kappa shape index (κ1) is 19.2. The Morgan fingerprint density at radius 2 is 1.80 bits per heavy atom. The SMILES string of the molecule is CC(C)(C)NC(=O)c1cc(NC(=O)Cc2ccc(Cl)c(Cl)c2)ccn1. The largest absolute Gasteiger partial charge is 0.346 e. The number of benzene rings is 1. The van der Waals surface area contributed by atoms with Crippen LogP contribution in [0.4, 0.5) is 5.69 Å². The van der Waals surface area contributed by atoms with E-state index in [1.807, 2.05) is 20.8 Å². The molecule has 132 valence electrons. The van der Waals surface area contributed by atoms with Crippen LogP contribution in [0, 0.1) is 0 Å². The summed E-state index contributed by atoms with van der Waals surface area (Å²) in [7, 11) is 0. The number of carbonyl (C=O) groups is 2. The fourth-order valence-corrected chi connectivity index (χ4v) is 2.40. The third kappa shape index (κ3) is 6.03. The van der Waals surface area contributed by atoms with Gasteiger partial charge in [-0.05, 0) is 50.6 Å². The van der Waals surface area contributed by atoms with Gasteiger partial charge in [0.2, 0.25) is 5.91 Å². The Bertz CT molecular complexity index is 801. The van der Waals surface area contributed by atoms with Gasteiger partial charge in [0.1, 0.15) is 5.69 Å². The predicted molar refractivity (Wildman–Crippen MR) is 100 cm³/mol. The van der Waals surface area contributed by atoms with Crippen LogP contribution in [-0.2, 0) is 11.2 Å². The molecule has 7 heteroatoms. The highest BCUT2D eigenvalue weighted by molar-refractivity contribution is 6.42. The maximum Gasteiger partial charge on any atom is 0.270 e. The highest BCUT2D eigenvalue weighted by Gasteiger charge is 2.17. The van der Waals surface area contributed by atoms with Crippen molar-refractivity contribution in [3.05, 3.63) is 57.8 Å². The van der Waals surface area contributed by atoms with E-state index in [4.69, 9.17) is 23.2 Å². The second-order valence-electron chi connectivity index (χ2n) is 6.61. The van der Waals surface area contributed by atoms with Crippen molar-refractivity contribution >= 4 is 40.7 Å². The summed E-state index contributed by atoms with van der Waals surface area (Å²) in [4.78, 5) is 28.4. The van der Waals surface area contributed by atoms with Gasteiger partial charge in [-0.25, -0.2) is 0 Å². The summed E-state index contributed by atoms with van der Waals surface area (Å²) in [5.74, 6) is -0.528. The Morgan fingerprint density at radius 1 is 1.08 bits per heavy atom. The van der Waals surface area contributed by atoms with E-state index in [0.29, 0.717) is 15.7 Å². The third-order valence-corrected chi connectivity index (χ3v) is 3.85. The lowest BCUT2D eigenvalue weighted by atomic mass is 10.1.